The standard InChI is InChI=1S/C17H24O3/c1-12(18)6-9-17-10-13(15(2,3)4)7-8-16(17,5)11-14(19)20-17/h6,9-10H,7-8,11H2,1-5H3/b9-6+/t16-,17-/m0/s1. The summed E-state index contributed by atoms with van der Waals surface area (Å²) in [6.45, 7) is 10.1. The maximum Gasteiger partial charge on any atom is 0.307 e. The molecule has 3 heteroatoms. The van der Waals surface area contributed by atoms with Gasteiger partial charge >= 0.3 is 5.97 Å². The molecule has 3 nitrogen and oxygen atoms in total. The van der Waals surface area contributed by atoms with Crippen molar-refractivity contribution in [3.05, 3.63) is 23.8 Å². The summed E-state index contributed by atoms with van der Waals surface area (Å²) >= 11 is 0. The fourth-order valence-electron chi connectivity index (χ4n) is 3.15. The van der Waals surface area contributed by atoms with Crippen molar-refractivity contribution >= 4 is 11.8 Å². The van der Waals surface area contributed by atoms with Crippen LogP contribution in [-0.4, -0.2) is 17.4 Å². The zero-order valence-electron chi connectivity index (χ0n) is 13.1. The number of carbonyl (C=O) groups excluding carboxylic acids is 2. The van der Waals surface area contributed by atoms with Crippen molar-refractivity contribution in [2.75, 3.05) is 0 Å². The molecular formula is C17H24O3. The second-order valence-corrected chi connectivity index (χ2v) is 7.37. The smallest absolute Gasteiger partial charge is 0.307 e. The third-order valence-electron chi connectivity index (χ3n) is 4.62. The summed E-state index contributed by atoms with van der Waals surface area (Å²) in [5, 5.41) is 0. The predicted octanol–water partition coefficient (Wildman–Crippen LogP) is 3.59. The molecule has 2 atom stereocenters. The molecule has 0 amide bonds. The Morgan fingerprint density at radius 1 is 1.40 bits per heavy atom. The molecule has 1 fully saturated rings. The van der Waals surface area contributed by atoms with E-state index in [0.717, 1.165) is 12.8 Å². The van der Waals surface area contributed by atoms with Gasteiger partial charge in [-0.25, -0.2) is 0 Å². The van der Waals surface area contributed by atoms with Gasteiger partial charge in [0.2, 0.25) is 0 Å². The second-order valence-electron chi connectivity index (χ2n) is 7.37. The third kappa shape index (κ3) is 2.46. The van der Waals surface area contributed by atoms with E-state index >= 15 is 0 Å². The van der Waals surface area contributed by atoms with Crippen molar-refractivity contribution in [3.8, 4) is 0 Å². The van der Waals surface area contributed by atoms with Crippen LogP contribution in [0.5, 0.6) is 0 Å². The lowest BCUT2D eigenvalue weighted by molar-refractivity contribution is -0.144. The van der Waals surface area contributed by atoms with E-state index in [0.29, 0.717) is 6.42 Å². The molecule has 1 heterocycles. The van der Waals surface area contributed by atoms with E-state index in [1.165, 1.54) is 18.6 Å². The highest BCUT2D eigenvalue weighted by molar-refractivity contribution is 5.88. The molecule has 0 aromatic rings. The number of ether oxygens (including phenoxy) is 1. The zero-order chi connectivity index (χ0) is 15.2. The first-order valence-corrected chi connectivity index (χ1v) is 7.22. The summed E-state index contributed by atoms with van der Waals surface area (Å²) in [5.74, 6) is -0.201. The maximum absolute atomic E-state index is 11.9. The molecule has 0 bridgehead atoms. The van der Waals surface area contributed by atoms with Gasteiger partial charge in [-0.05, 0) is 43.4 Å². The number of hydrogen-bond donors (Lipinski definition) is 0. The van der Waals surface area contributed by atoms with Crippen LogP contribution >= 0.6 is 0 Å². The minimum Gasteiger partial charge on any atom is -0.450 e. The largest absolute Gasteiger partial charge is 0.450 e. The van der Waals surface area contributed by atoms with Gasteiger partial charge in [0.25, 0.3) is 0 Å². The highest BCUT2D eigenvalue weighted by atomic mass is 16.6. The van der Waals surface area contributed by atoms with Gasteiger partial charge in [-0.1, -0.05) is 33.3 Å². The van der Waals surface area contributed by atoms with Crippen LogP contribution in [0.15, 0.2) is 23.8 Å². The molecule has 0 saturated carbocycles. The summed E-state index contributed by atoms with van der Waals surface area (Å²) in [6.07, 6.45) is 7.70. The fraction of sp³-hybridized carbons (Fsp3) is 0.647. The summed E-state index contributed by atoms with van der Waals surface area (Å²) in [6, 6.07) is 0. The number of fused-ring (bicyclic) bond motifs is 1. The van der Waals surface area contributed by atoms with Crippen molar-refractivity contribution in [2.24, 2.45) is 10.8 Å². The summed E-state index contributed by atoms with van der Waals surface area (Å²) in [4.78, 5) is 23.1. The summed E-state index contributed by atoms with van der Waals surface area (Å²) in [7, 11) is 0. The molecule has 1 aliphatic heterocycles. The molecule has 0 unspecified atom stereocenters. The number of allylic oxidation sites excluding steroid dienone is 2. The number of esters is 1. The van der Waals surface area contributed by atoms with Gasteiger partial charge in [-0.15, -0.1) is 0 Å². The lowest BCUT2D eigenvalue weighted by Crippen LogP contribution is -2.43. The van der Waals surface area contributed by atoms with Crippen LogP contribution < -0.4 is 0 Å². The first kappa shape index (κ1) is 15.0. The van der Waals surface area contributed by atoms with Gasteiger partial charge in [0.15, 0.2) is 11.4 Å². The summed E-state index contributed by atoms with van der Waals surface area (Å²) in [5.41, 5.74) is 0.340. The minimum absolute atomic E-state index is 0.0269. The number of carbonyl (C=O) groups is 2. The van der Waals surface area contributed by atoms with Crippen LogP contribution in [0, 0.1) is 10.8 Å². The molecule has 2 aliphatic rings. The average Bonchev–Trinajstić information content (AvgIpc) is 2.54. The zero-order valence-corrected chi connectivity index (χ0v) is 13.1. The topological polar surface area (TPSA) is 43.4 Å². The minimum atomic E-state index is -0.753. The molecule has 2 rings (SSSR count). The van der Waals surface area contributed by atoms with E-state index in [1.54, 1.807) is 6.08 Å². The fourth-order valence-corrected chi connectivity index (χ4v) is 3.15. The first-order valence-electron chi connectivity index (χ1n) is 7.22. The van der Waals surface area contributed by atoms with Crippen molar-refractivity contribution in [3.63, 3.8) is 0 Å². The molecule has 1 saturated heterocycles. The molecule has 0 spiro atoms. The summed E-state index contributed by atoms with van der Waals surface area (Å²) < 4.78 is 5.68. The molecule has 110 valence electrons. The number of hydrogen-bond acceptors (Lipinski definition) is 3. The third-order valence-corrected chi connectivity index (χ3v) is 4.62. The average molecular weight is 276 g/mol. The monoisotopic (exact) mass is 276 g/mol. The van der Waals surface area contributed by atoms with E-state index in [2.05, 4.69) is 33.8 Å². The maximum atomic E-state index is 11.9. The van der Waals surface area contributed by atoms with Gasteiger partial charge in [0, 0.05) is 5.41 Å². The Morgan fingerprint density at radius 3 is 2.60 bits per heavy atom. The molecule has 0 N–H and O–H groups in total. The van der Waals surface area contributed by atoms with Crippen LogP contribution in [0.2, 0.25) is 0 Å². The van der Waals surface area contributed by atoms with E-state index in [9.17, 15) is 9.59 Å². The molecule has 20 heavy (non-hydrogen) atoms. The normalized spacial score (nSPS) is 33.9. The van der Waals surface area contributed by atoms with Gasteiger partial charge in [-0.3, -0.25) is 9.59 Å². The SMILES string of the molecule is CC(=O)/C=C/[C@]12C=C(C(C)(C)C)CC[C@@]1(C)CC(=O)O2. The number of rotatable bonds is 2. The van der Waals surface area contributed by atoms with Crippen LogP contribution in [0.1, 0.15) is 53.9 Å². The van der Waals surface area contributed by atoms with Crippen LogP contribution in [0.4, 0.5) is 0 Å². The Balaban J connectivity index is 2.52. The van der Waals surface area contributed by atoms with E-state index in [4.69, 9.17) is 4.74 Å². The van der Waals surface area contributed by atoms with Gasteiger partial charge in [-0.2, -0.15) is 0 Å². The number of ketones is 1. The molecule has 1 aliphatic carbocycles. The molecule has 0 radical (unpaired) electrons. The Kier molecular flexibility index (Phi) is 3.43. The second kappa shape index (κ2) is 4.57. The quantitative estimate of drug-likeness (QED) is 0.440. The van der Waals surface area contributed by atoms with Crippen LogP contribution in [-0.2, 0) is 14.3 Å². The first-order chi connectivity index (χ1) is 9.08. The van der Waals surface area contributed by atoms with Crippen LogP contribution in [0.25, 0.3) is 0 Å². The molecule has 0 aromatic heterocycles. The van der Waals surface area contributed by atoms with Gasteiger partial charge in [0.1, 0.15) is 0 Å². The van der Waals surface area contributed by atoms with Gasteiger partial charge < -0.3 is 4.74 Å². The Morgan fingerprint density at radius 2 is 2.05 bits per heavy atom. The Labute approximate surface area is 121 Å². The molecular weight excluding hydrogens is 252 g/mol. The van der Waals surface area contributed by atoms with E-state index in [1.807, 2.05) is 0 Å². The van der Waals surface area contributed by atoms with Crippen molar-refractivity contribution in [1.82, 2.24) is 0 Å². The Bertz CT molecular complexity index is 507. The van der Waals surface area contributed by atoms with Crippen molar-refractivity contribution in [2.45, 2.75) is 59.5 Å². The lowest BCUT2D eigenvalue weighted by Gasteiger charge is -2.43. The van der Waals surface area contributed by atoms with Gasteiger partial charge in [0.05, 0.1) is 6.42 Å². The van der Waals surface area contributed by atoms with E-state index < -0.39 is 5.60 Å². The predicted molar refractivity (Wildman–Crippen MR) is 78.1 cm³/mol. The van der Waals surface area contributed by atoms with Crippen molar-refractivity contribution in [1.29, 1.82) is 0 Å². The lowest BCUT2D eigenvalue weighted by atomic mass is 9.62. The van der Waals surface area contributed by atoms with Crippen molar-refractivity contribution < 1.29 is 14.3 Å². The highest BCUT2D eigenvalue weighted by Crippen LogP contribution is 2.55. The van der Waals surface area contributed by atoms with Crippen LogP contribution in [0.3, 0.4) is 0 Å². The molecule has 0 aromatic carbocycles. The van der Waals surface area contributed by atoms with E-state index in [-0.39, 0.29) is 22.6 Å². The highest BCUT2D eigenvalue weighted by Gasteiger charge is 2.57. The Hall–Kier alpha value is -1.38.